The fraction of sp³-hybridized carbons (Fsp3) is 0.643. The SMILES string of the molecule is CCNC(CC)c1ccc(SC(C)(C)C)cn1. The van der Waals surface area contributed by atoms with E-state index in [9.17, 15) is 0 Å². The summed E-state index contributed by atoms with van der Waals surface area (Å²) >= 11 is 1.86. The first-order valence-corrected chi connectivity index (χ1v) is 7.16. The van der Waals surface area contributed by atoms with Crippen molar-refractivity contribution in [1.29, 1.82) is 0 Å². The van der Waals surface area contributed by atoms with Crippen LogP contribution in [0.1, 0.15) is 52.8 Å². The Balaban J connectivity index is 2.73. The van der Waals surface area contributed by atoms with Crippen LogP contribution >= 0.6 is 11.8 Å². The molecule has 0 bridgehead atoms. The van der Waals surface area contributed by atoms with Gasteiger partial charge in [0.05, 0.1) is 5.69 Å². The molecule has 0 aromatic carbocycles. The number of hydrogen-bond acceptors (Lipinski definition) is 3. The summed E-state index contributed by atoms with van der Waals surface area (Å²) in [6.07, 6.45) is 3.07. The molecule has 96 valence electrons. The monoisotopic (exact) mass is 252 g/mol. The Kier molecular flexibility index (Phi) is 5.47. The zero-order valence-electron chi connectivity index (χ0n) is 11.6. The van der Waals surface area contributed by atoms with E-state index in [-0.39, 0.29) is 4.75 Å². The van der Waals surface area contributed by atoms with Gasteiger partial charge < -0.3 is 5.32 Å². The predicted molar refractivity (Wildman–Crippen MR) is 76.6 cm³/mol. The Labute approximate surface area is 110 Å². The van der Waals surface area contributed by atoms with Crippen LogP contribution in [0.4, 0.5) is 0 Å². The maximum absolute atomic E-state index is 4.57. The maximum Gasteiger partial charge on any atom is 0.0573 e. The van der Waals surface area contributed by atoms with Gasteiger partial charge in [0.25, 0.3) is 0 Å². The standard InChI is InChI=1S/C14H24N2S/c1-6-12(15-7-2)13-9-8-11(10-16-13)17-14(3,4)5/h8-10,12,15H,6-7H2,1-5H3. The molecular weight excluding hydrogens is 228 g/mol. The van der Waals surface area contributed by atoms with E-state index in [0.29, 0.717) is 6.04 Å². The van der Waals surface area contributed by atoms with E-state index in [4.69, 9.17) is 0 Å². The lowest BCUT2D eigenvalue weighted by Gasteiger charge is -2.19. The second-order valence-electron chi connectivity index (χ2n) is 5.15. The molecule has 0 amide bonds. The molecule has 1 rings (SSSR count). The number of nitrogens with one attached hydrogen (secondary N) is 1. The molecular formula is C14H24N2S. The van der Waals surface area contributed by atoms with Crippen LogP contribution < -0.4 is 5.32 Å². The van der Waals surface area contributed by atoms with Gasteiger partial charge in [0.15, 0.2) is 0 Å². The number of rotatable bonds is 5. The minimum atomic E-state index is 0.245. The van der Waals surface area contributed by atoms with E-state index >= 15 is 0 Å². The van der Waals surface area contributed by atoms with Crippen LogP contribution in [0.15, 0.2) is 23.2 Å². The van der Waals surface area contributed by atoms with E-state index in [2.05, 4.69) is 57.1 Å². The van der Waals surface area contributed by atoms with Gasteiger partial charge in [-0.25, -0.2) is 0 Å². The van der Waals surface area contributed by atoms with Gasteiger partial charge in [-0.3, -0.25) is 4.98 Å². The average Bonchev–Trinajstić information content (AvgIpc) is 2.25. The first-order chi connectivity index (χ1) is 7.96. The van der Waals surface area contributed by atoms with E-state index in [1.807, 2.05) is 18.0 Å². The van der Waals surface area contributed by atoms with Gasteiger partial charge in [0, 0.05) is 21.9 Å². The maximum atomic E-state index is 4.57. The fourth-order valence-corrected chi connectivity index (χ4v) is 2.66. The predicted octanol–water partition coefficient (Wildman–Crippen LogP) is 4.03. The van der Waals surface area contributed by atoms with Crippen LogP contribution in [0.5, 0.6) is 0 Å². The largest absolute Gasteiger partial charge is 0.309 e. The highest BCUT2D eigenvalue weighted by Crippen LogP contribution is 2.31. The van der Waals surface area contributed by atoms with Crippen molar-refractivity contribution in [2.45, 2.75) is 56.7 Å². The highest BCUT2D eigenvalue weighted by atomic mass is 32.2. The normalized spacial score (nSPS) is 13.7. The summed E-state index contributed by atoms with van der Waals surface area (Å²) in [5, 5.41) is 3.45. The number of aromatic nitrogens is 1. The van der Waals surface area contributed by atoms with Crippen LogP contribution in [-0.2, 0) is 0 Å². The highest BCUT2D eigenvalue weighted by molar-refractivity contribution is 8.00. The molecule has 1 N–H and O–H groups in total. The number of pyridine rings is 1. The minimum absolute atomic E-state index is 0.245. The summed E-state index contributed by atoms with van der Waals surface area (Å²) in [4.78, 5) is 5.81. The molecule has 1 aromatic heterocycles. The van der Waals surface area contributed by atoms with Gasteiger partial charge in [-0.1, -0.05) is 34.6 Å². The van der Waals surface area contributed by atoms with E-state index in [1.165, 1.54) is 4.90 Å². The van der Waals surface area contributed by atoms with Crippen molar-refractivity contribution in [3.05, 3.63) is 24.0 Å². The third-order valence-corrected chi connectivity index (χ3v) is 3.49. The van der Waals surface area contributed by atoms with Crippen LogP contribution in [0, 0.1) is 0 Å². The molecule has 1 atom stereocenters. The van der Waals surface area contributed by atoms with Crippen LogP contribution in [0.3, 0.4) is 0 Å². The van der Waals surface area contributed by atoms with Gasteiger partial charge in [0.2, 0.25) is 0 Å². The van der Waals surface area contributed by atoms with Gasteiger partial charge in [-0.15, -0.1) is 11.8 Å². The molecule has 0 aliphatic rings. The molecule has 0 aliphatic carbocycles. The van der Waals surface area contributed by atoms with Crippen molar-refractivity contribution in [2.24, 2.45) is 0 Å². The lowest BCUT2D eigenvalue weighted by atomic mass is 10.1. The third kappa shape index (κ3) is 5.09. The van der Waals surface area contributed by atoms with Crippen molar-refractivity contribution in [1.82, 2.24) is 10.3 Å². The molecule has 0 saturated heterocycles. The van der Waals surface area contributed by atoms with E-state index < -0.39 is 0 Å². The quantitative estimate of drug-likeness (QED) is 0.801. The Hall–Kier alpha value is -0.540. The second kappa shape index (κ2) is 6.41. The van der Waals surface area contributed by atoms with Crippen molar-refractivity contribution in [3.63, 3.8) is 0 Å². The van der Waals surface area contributed by atoms with Crippen molar-refractivity contribution in [3.8, 4) is 0 Å². The van der Waals surface area contributed by atoms with Crippen LogP contribution in [0.25, 0.3) is 0 Å². The molecule has 1 aromatic rings. The van der Waals surface area contributed by atoms with Crippen LogP contribution in [0.2, 0.25) is 0 Å². The first-order valence-electron chi connectivity index (χ1n) is 6.34. The Bertz CT molecular complexity index is 327. The summed E-state index contributed by atoms with van der Waals surface area (Å²) in [6, 6.07) is 4.71. The molecule has 0 saturated carbocycles. The summed E-state index contributed by atoms with van der Waals surface area (Å²) in [5.41, 5.74) is 1.15. The van der Waals surface area contributed by atoms with Gasteiger partial charge in [-0.05, 0) is 25.1 Å². The van der Waals surface area contributed by atoms with Crippen molar-refractivity contribution < 1.29 is 0 Å². The highest BCUT2D eigenvalue weighted by Gasteiger charge is 2.13. The Morgan fingerprint density at radius 2 is 2.00 bits per heavy atom. The number of thioether (sulfide) groups is 1. The summed E-state index contributed by atoms with van der Waals surface area (Å²) < 4.78 is 0.245. The molecule has 3 heteroatoms. The summed E-state index contributed by atoms with van der Waals surface area (Å²) in [5.74, 6) is 0. The van der Waals surface area contributed by atoms with E-state index in [0.717, 1.165) is 18.7 Å². The fourth-order valence-electron chi connectivity index (χ4n) is 1.72. The molecule has 17 heavy (non-hydrogen) atoms. The van der Waals surface area contributed by atoms with Crippen LogP contribution in [-0.4, -0.2) is 16.3 Å². The minimum Gasteiger partial charge on any atom is -0.309 e. The molecule has 0 fully saturated rings. The molecule has 0 spiro atoms. The molecule has 0 radical (unpaired) electrons. The lowest BCUT2D eigenvalue weighted by Crippen LogP contribution is -2.21. The third-order valence-electron chi connectivity index (χ3n) is 2.40. The number of nitrogens with zero attached hydrogens (tertiary/aromatic N) is 1. The summed E-state index contributed by atoms with van der Waals surface area (Å²) in [7, 11) is 0. The topological polar surface area (TPSA) is 24.9 Å². The zero-order chi connectivity index (χ0) is 12.9. The lowest BCUT2D eigenvalue weighted by molar-refractivity contribution is 0.524. The molecule has 0 aliphatic heterocycles. The number of hydrogen-bond donors (Lipinski definition) is 1. The zero-order valence-corrected chi connectivity index (χ0v) is 12.4. The van der Waals surface area contributed by atoms with Gasteiger partial charge >= 0.3 is 0 Å². The Morgan fingerprint density at radius 1 is 1.29 bits per heavy atom. The molecule has 1 unspecified atom stereocenters. The van der Waals surface area contributed by atoms with E-state index in [1.54, 1.807) is 0 Å². The van der Waals surface area contributed by atoms with Gasteiger partial charge in [-0.2, -0.15) is 0 Å². The molecule has 2 nitrogen and oxygen atoms in total. The average molecular weight is 252 g/mol. The second-order valence-corrected chi connectivity index (χ2v) is 7.05. The van der Waals surface area contributed by atoms with Crippen molar-refractivity contribution >= 4 is 11.8 Å². The molecule has 1 heterocycles. The van der Waals surface area contributed by atoms with Crippen molar-refractivity contribution in [2.75, 3.05) is 6.54 Å². The smallest absolute Gasteiger partial charge is 0.0573 e. The first kappa shape index (κ1) is 14.5. The van der Waals surface area contributed by atoms with Gasteiger partial charge in [0.1, 0.15) is 0 Å². The Morgan fingerprint density at radius 3 is 2.41 bits per heavy atom. The summed E-state index contributed by atoms with van der Waals surface area (Å²) in [6.45, 7) is 12.0.